The van der Waals surface area contributed by atoms with Crippen molar-refractivity contribution in [2.75, 3.05) is 13.1 Å². The smallest absolute Gasteiger partial charge is 0.237 e. The molecule has 1 fully saturated rings. The minimum absolute atomic E-state index is 0.0587. The maximum absolute atomic E-state index is 11.5. The summed E-state index contributed by atoms with van der Waals surface area (Å²) in [5.74, 6) is 0.110. The molecule has 1 amide bonds. The third-order valence-electron chi connectivity index (χ3n) is 2.87. The highest BCUT2D eigenvalue weighted by Gasteiger charge is 2.19. The highest BCUT2D eigenvalue weighted by Crippen LogP contribution is 2.05. The van der Waals surface area contributed by atoms with Gasteiger partial charge in [0.15, 0.2) is 0 Å². The summed E-state index contributed by atoms with van der Waals surface area (Å²) in [6.45, 7) is 3.48. The molecule has 1 heterocycles. The van der Waals surface area contributed by atoms with E-state index in [0.29, 0.717) is 6.54 Å². The summed E-state index contributed by atoms with van der Waals surface area (Å²) >= 11 is 0. The van der Waals surface area contributed by atoms with E-state index in [2.05, 4.69) is 10.6 Å². The Morgan fingerprint density at radius 1 is 1.60 bits per heavy atom. The molecule has 3 N–H and O–H groups in total. The number of hydrogen-bond donors (Lipinski definition) is 3. The van der Waals surface area contributed by atoms with E-state index in [-0.39, 0.29) is 18.1 Å². The van der Waals surface area contributed by atoms with Crippen LogP contribution in [0.3, 0.4) is 0 Å². The first-order valence-corrected chi connectivity index (χ1v) is 5.93. The lowest BCUT2D eigenvalue weighted by atomic mass is 10.1. The van der Waals surface area contributed by atoms with Crippen LogP contribution in [0.25, 0.3) is 0 Å². The zero-order valence-electron chi connectivity index (χ0n) is 9.46. The molecule has 4 heteroatoms. The molecular formula is C11H22N2O2. The first kappa shape index (κ1) is 12.5. The van der Waals surface area contributed by atoms with Gasteiger partial charge in [0.05, 0.1) is 12.1 Å². The topological polar surface area (TPSA) is 61.4 Å². The van der Waals surface area contributed by atoms with Crippen LogP contribution in [0.15, 0.2) is 0 Å². The average molecular weight is 214 g/mol. The quantitative estimate of drug-likeness (QED) is 0.621. The lowest BCUT2D eigenvalue weighted by molar-refractivity contribution is -0.122. The van der Waals surface area contributed by atoms with Gasteiger partial charge in [-0.15, -0.1) is 0 Å². The molecule has 1 aliphatic rings. The largest absolute Gasteiger partial charge is 0.393 e. The van der Waals surface area contributed by atoms with Crippen molar-refractivity contribution in [1.29, 1.82) is 0 Å². The summed E-state index contributed by atoms with van der Waals surface area (Å²) in [4.78, 5) is 11.5. The normalized spacial score (nSPS) is 24.4. The Morgan fingerprint density at radius 3 is 3.13 bits per heavy atom. The van der Waals surface area contributed by atoms with Gasteiger partial charge in [0.1, 0.15) is 0 Å². The number of carbonyl (C=O) groups is 1. The van der Waals surface area contributed by atoms with Crippen LogP contribution in [0.4, 0.5) is 0 Å². The van der Waals surface area contributed by atoms with E-state index in [1.54, 1.807) is 0 Å². The zero-order valence-corrected chi connectivity index (χ0v) is 9.46. The predicted molar refractivity (Wildman–Crippen MR) is 59.6 cm³/mol. The fourth-order valence-corrected chi connectivity index (χ4v) is 1.76. The van der Waals surface area contributed by atoms with Crippen LogP contribution < -0.4 is 10.6 Å². The summed E-state index contributed by atoms with van der Waals surface area (Å²) in [5, 5.41) is 15.5. The van der Waals surface area contributed by atoms with E-state index < -0.39 is 0 Å². The Kier molecular flexibility index (Phi) is 5.65. The van der Waals surface area contributed by atoms with E-state index in [1.807, 2.05) is 6.92 Å². The highest BCUT2D eigenvalue weighted by atomic mass is 16.3. The average Bonchev–Trinajstić information content (AvgIpc) is 2.44. The molecule has 88 valence electrons. The minimum atomic E-state index is -0.244. The van der Waals surface area contributed by atoms with E-state index in [0.717, 1.165) is 38.6 Å². The molecule has 15 heavy (non-hydrogen) atoms. The molecule has 0 saturated carbocycles. The summed E-state index contributed by atoms with van der Waals surface area (Å²) in [7, 11) is 0. The van der Waals surface area contributed by atoms with E-state index in [1.165, 1.54) is 0 Å². The fourth-order valence-electron chi connectivity index (χ4n) is 1.76. The number of rotatable bonds is 5. The molecule has 1 aliphatic heterocycles. The molecule has 0 bridgehead atoms. The molecule has 1 rings (SSSR count). The molecule has 0 aromatic heterocycles. The van der Waals surface area contributed by atoms with E-state index >= 15 is 0 Å². The van der Waals surface area contributed by atoms with Crippen LogP contribution in [0.1, 0.15) is 39.0 Å². The minimum Gasteiger partial charge on any atom is -0.393 e. The maximum Gasteiger partial charge on any atom is 0.237 e. The van der Waals surface area contributed by atoms with Crippen molar-refractivity contribution in [1.82, 2.24) is 10.6 Å². The van der Waals surface area contributed by atoms with Gasteiger partial charge in [0.2, 0.25) is 5.91 Å². The van der Waals surface area contributed by atoms with Crippen LogP contribution in [0, 0.1) is 0 Å². The second kappa shape index (κ2) is 6.80. The van der Waals surface area contributed by atoms with Crippen LogP contribution >= 0.6 is 0 Å². The Morgan fingerprint density at radius 2 is 2.40 bits per heavy atom. The maximum atomic E-state index is 11.5. The van der Waals surface area contributed by atoms with Gasteiger partial charge < -0.3 is 15.7 Å². The van der Waals surface area contributed by atoms with Crippen LogP contribution in [-0.4, -0.2) is 36.2 Å². The van der Waals surface area contributed by atoms with E-state index in [9.17, 15) is 9.90 Å². The molecule has 2 atom stereocenters. The summed E-state index contributed by atoms with van der Waals surface area (Å²) in [6, 6.07) is -0.0587. The number of aliphatic hydroxyl groups excluding tert-OH is 1. The Bertz CT molecular complexity index is 197. The first-order valence-electron chi connectivity index (χ1n) is 5.93. The van der Waals surface area contributed by atoms with Crippen LogP contribution in [0.2, 0.25) is 0 Å². The molecule has 1 saturated heterocycles. The SMILES string of the molecule is CCC(O)CCNC1CCCCNC1=O. The third-order valence-corrected chi connectivity index (χ3v) is 2.87. The Balaban J connectivity index is 2.20. The third kappa shape index (κ3) is 4.62. The second-order valence-corrected chi connectivity index (χ2v) is 4.14. The Hall–Kier alpha value is -0.610. The van der Waals surface area contributed by atoms with Crippen molar-refractivity contribution >= 4 is 5.91 Å². The van der Waals surface area contributed by atoms with Gasteiger partial charge in [-0.2, -0.15) is 0 Å². The molecule has 0 radical (unpaired) electrons. The standard InChI is InChI=1S/C11H22N2O2/c1-2-9(14)6-8-12-10-5-3-4-7-13-11(10)15/h9-10,12,14H,2-8H2,1H3,(H,13,15). The van der Waals surface area contributed by atoms with Gasteiger partial charge in [0.25, 0.3) is 0 Å². The van der Waals surface area contributed by atoms with Crippen molar-refractivity contribution in [2.24, 2.45) is 0 Å². The van der Waals surface area contributed by atoms with Gasteiger partial charge >= 0.3 is 0 Å². The zero-order chi connectivity index (χ0) is 11.1. The Labute approximate surface area is 91.4 Å². The van der Waals surface area contributed by atoms with E-state index in [4.69, 9.17) is 0 Å². The summed E-state index contributed by atoms with van der Waals surface area (Å²) in [6.07, 6.45) is 4.33. The number of carbonyl (C=O) groups excluding carboxylic acids is 1. The van der Waals surface area contributed by atoms with Crippen molar-refractivity contribution in [3.8, 4) is 0 Å². The van der Waals surface area contributed by atoms with Gasteiger partial charge in [-0.1, -0.05) is 6.92 Å². The molecular weight excluding hydrogens is 192 g/mol. The van der Waals surface area contributed by atoms with Crippen molar-refractivity contribution in [2.45, 2.75) is 51.2 Å². The fraction of sp³-hybridized carbons (Fsp3) is 0.909. The van der Waals surface area contributed by atoms with Crippen LogP contribution in [-0.2, 0) is 4.79 Å². The predicted octanol–water partition coefficient (Wildman–Crippen LogP) is 0.406. The van der Waals surface area contributed by atoms with Gasteiger partial charge in [0, 0.05) is 6.54 Å². The number of hydrogen-bond acceptors (Lipinski definition) is 3. The van der Waals surface area contributed by atoms with Gasteiger partial charge in [-0.3, -0.25) is 4.79 Å². The second-order valence-electron chi connectivity index (χ2n) is 4.14. The lowest BCUT2D eigenvalue weighted by Gasteiger charge is -2.16. The number of aliphatic hydroxyl groups is 1. The van der Waals surface area contributed by atoms with Crippen LogP contribution in [0.5, 0.6) is 0 Å². The van der Waals surface area contributed by atoms with Gasteiger partial charge in [-0.05, 0) is 38.6 Å². The van der Waals surface area contributed by atoms with Gasteiger partial charge in [-0.25, -0.2) is 0 Å². The highest BCUT2D eigenvalue weighted by molar-refractivity contribution is 5.81. The molecule has 0 spiro atoms. The molecule has 4 nitrogen and oxygen atoms in total. The monoisotopic (exact) mass is 214 g/mol. The lowest BCUT2D eigenvalue weighted by Crippen LogP contribution is -2.43. The molecule has 0 aromatic carbocycles. The molecule has 0 aliphatic carbocycles. The summed E-state index contributed by atoms with van der Waals surface area (Å²) < 4.78 is 0. The number of amides is 1. The molecule has 2 unspecified atom stereocenters. The van der Waals surface area contributed by atoms with Crippen molar-refractivity contribution < 1.29 is 9.90 Å². The van der Waals surface area contributed by atoms with Crippen molar-refractivity contribution in [3.63, 3.8) is 0 Å². The molecule has 0 aromatic rings. The van der Waals surface area contributed by atoms with Crippen molar-refractivity contribution in [3.05, 3.63) is 0 Å². The first-order chi connectivity index (χ1) is 7.24. The number of nitrogens with one attached hydrogen (secondary N) is 2. The summed E-state index contributed by atoms with van der Waals surface area (Å²) in [5.41, 5.74) is 0.